The number of hydrogen-bond donors (Lipinski definition) is 2. The molecule has 24 heavy (non-hydrogen) atoms. The van der Waals surface area contributed by atoms with Gasteiger partial charge < -0.3 is 5.73 Å². The van der Waals surface area contributed by atoms with Gasteiger partial charge in [-0.1, -0.05) is 30.7 Å². The summed E-state index contributed by atoms with van der Waals surface area (Å²) in [6, 6.07) is 7.12. The van der Waals surface area contributed by atoms with Crippen LogP contribution in [0, 0.1) is 4.78 Å². The number of halogens is 1. The first kappa shape index (κ1) is 16.7. The molecule has 1 aromatic carbocycles. The third kappa shape index (κ3) is 2.94. The van der Waals surface area contributed by atoms with Crippen LogP contribution in [0.25, 0.3) is 0 Å². The van der Waals surface area contributed by atoms with Gasteiger partial charge in [0.1, 0.15) is 21.4 Å². The molecular weight excluding hydrogens is 350 g/mol. The Morgan fingerprint density at radius 3 is 2.62 bits per heavy atom. The number of amides is 1. The normalized spacial score (nSPS) is 16.1. The van der Waals surface area contributed by atoms with E-state index >= 15 is 0 Å². The van der Waals surface area contributed by atoms with Gasteiger partial charge >= 0.3 is 0 Å². The lowest BCUT2D eigenvalue weighted by Gasteiger charge is -2.17. The minimum Gasteiger partial charge on any atom is -0.383 e. The lowest BCUT2D eigenvalue weighted by atomic mass is 10.2. The van der Waals surface area contributed by atoms with Crippen LogP contribution in [0.4, 0.5) is 11.6 Å². The molecule has 9 heteroatoms. The summed E-state index contributed by atoms with van der Waals surface area (Å²) in [5.74, 6) is 0.364. The first-order chi connectivity index (χ1) is 11.3. The predicted octanol–water partition coefficient (Wildman–Crippen LogP) is 2.23. The Balaban J connectivity index is 2.03. The van der Waals surface area contributed by atoms with Crippen molar-refractivity contribution in [3.8, 4) is 0 Å². The van der Waals surface area contributed by atoms with Crippen LogP contribution in [-0.2, 0) is 27.5 Å². The predicted molar refractivity (Wildman–Crippen MR) is 92.5 cm³/mol. The van der Waals surface area contributed by atoms with Crippen molar-refractivity contribution in [1.29, 1.82) is 4.78 Å². The summed E-state index contributed by atoms with van der Waals surface area (Å²) in [7, 11) is -3.12. The molecule has 3 N–H and O–H groups in total. The Labute approximate surface area is 144 Å². The molecule has 2 heterocycles. The fraction of sp³-hybridized carbons (Fsp3) is 0.267. The summed E-state index contributed by atoms with van der Waals surface area (Å²) >= 11 is 5.88. The van der Waals surface area contributed by atoms with E-state index in [9.17, 15) is 9.00 Å². The summed E-state index contributed by atoms with van der Waals surface area (Å²) in [5.41, 5.74) is 7.30. The van der Waals surface area contributed by atoms with E-state index in [0.29, 0.717) is 22.9 Å². The van der Waals surface area contributed by atoms with Crippen LogP contribution in [0.1, 0.15) is 18.1 Å². The van der Waals surface area contributed by atoms with E-state index in [2.05, 4.69) is 9.97 Å². The van der Waals surface area contributed by atoms with Gasteiger partial charge in [-0.2, -0.15) is 0 Å². The first-order valence-corrected chi connectivity index (χ1v) is 9.40. The van der Waals surface area contributed by atoms with Gasteiger partial charge in [-0.3, -0.25) is 9.69 Å². The first-order valence-electron chi connectivity index (χ1n) is 7.29. The maximum absolute atomic E-state index is 12.3. The second-order valence-electron chi connectivity index (χ2n) is 5.44. The molecule has 3 rings (SSSR count). The highest BCUT2D eigenvalue weighted by molar-refractivity contribution is 7.92. The minimum atomic E-state index is -3.12. The Morgan fingerprint density at radius 2 is 2.00 bits per heavy atom. The molecule has 1 amide bonds. The summed E-state index contributed by atoms with van der Waals surface area (Å²) in [6.07, 6.45) is 0.0976. The van der Waals surface area contributed by atoms with Crippen LogP contribution in [0.2, 0.25) is 5.02 Å². The number of nitrogens with one attached hydrogen (secondary N) is 1. The quantitative estimate of drug-likeness (QED) is 0.806. The molecule has 0 bridgehead atoms. The number of nitrogen functional groups attached to an aromatic ring is 1. The highest BCUT2D eigenvalue weighted by Gasteiger charge is 2.33. The molecule has 0 saturated carbocycles. The van der Waals surface area contributed by atoms with Crippen LogP contribution in [0.15, 0.2) is 29.4 Å². The average molecular weight is 366 g/mol. The minimum absolute atomic E-state index is 0.0797. The molecule has 1 aromatic heterocycles. The van der Waals surface area contributed by atoms with Crippen LogP contribution in [-0.4, -0.2) is 25.8 Å². The van der Waals surface area contributed by atoms with E-state index in [4.69, 9.17) is 22.1 Å². The summed E-state index contributed by atoms with van der Waals surface area (Å²) in [6.45, 7) is 1.92. The van der Waals surface area contributed by atoms with Crippen LogP contribution in [0.3, 0.4) is 0 Å². The molecule has 0 unspecified atom stereocenters. The number of fused-ring (bicyclic) bond motifs is 1. The van der Waals surface area contributed by atoms with Gasteiger partial charge in [0, 0.05) is 16.3 Å². The van der Waals surface area contributed by atoms with Crippen LogP contribution < -0.4 is 10.6 Å². The van der Waals surface area contributed by atoms with Gasteiger partial charge in [0.05, 0.1) is 13.0 Å². The second-order valence-corrected chi connectivity index (χ2v) is 8.17. The number of carbonyl (C=O) groups excluding carboxylic acids is 1. The van der Waals surface area contributed by atoms with Crippen molar-refractivity contribution in [2.24, 2.45) is 0 Å². The number of hydrogen-bond acceptors (Lipinski definition) is 6. The van der Waals surface area contributed by atoms with Gasteiger partial charge in [-0.05, 0) is 17.7 Å². The Bertz CT molecular complexity index is 912. The second kappa shape index (κ2) is 6.03. The topological polar surface area (TPSA) is 113 Å². The van der Waals surface area contributed by atoms with E-state index in [-0.39, 0.29) is 29.1 Å². The van der Waals surface area contributed by atoms with Gasteiger partial charge in [-0.15, -0.1) is 0 Å². The van der Waals surface area contributed by atoms with Crippen LogP contribution >= 0.6 is 11.6 Å². The van der Waals surface area contributed by atoms with E-state index in [1.807, 2.05) is 12.1 Å². The maximum Gasteiger partial charge on any atom is 0.233 e. The molecule has 1 atom stereocenters. The average Bonchev–Trinajstić information content (AvgIpc) is 2.86. The summed E-state index contributed by atoms with van der Waals surface area (Å²) in [4.78, 5) is 22.0. The molecule has 1 aliphatic rings. The van der Waals surface area contributed by atoms with E-state index < -0.39 is 9.73 Å². The van der Waals surface area contributed by atoms with E-state index in [0.717, 1.165) is 5.56 Å². The molecule has 1 aliphatic heterocycles. The largest absolute Gasteiger partial charge is 0.383 e. The van der Waals surface area contributed by atoms with E-state index in [1.54, 1.807) is 19.1 Å². The fourth-order valence-corrected chi connectivity index (χ4v) is 3.30. The number of rotatable bonds is 4. The Kier molecular flexibility index (Phi) is 4.18. The number of nitrogens with two attached hydrogens (primary N) is 1. The Morgan fingerprint density at radius 1 is 1.33 bits per heavy atom. The third-order valence-electron chi connectivity index (χ3n) is 3.84. The molecule has 0 spiro atoms. The monoisotopic (exact) mass is 365 g/mol. The van der Waals surface area contributed by atoms with Crippen LogP contribution in [0.5, 0.6) is 0 Å². The molecule has 2 aromatic rings. The standard InChI is InChI=1S/C15H16ClN5O2S/c1-2-24(18,23)15-19-13(17)11-7-12(22)21(14(11)20-15)8-9-3-5-10(16)6-4-9/h3-6,18H,2,7-8H2,1H3,(H2,17,19,20)/t24-/m1/s1. The zero-order valence-corrected chi connectivity index (χ0v) is 14.5. The zero-order chi connectivity index (χ0) is 17.5. The number of nitrogens with zero attached hydrogens (tertiary/aromatic N) is 3. The highest BCUT2D eigenvalue weighted by atomic mass is 35.5. The number of carbonyl (C=O) groups is 1. The zero-order valence-electron chi connectivity index (χ0n) is 13.0. The number of aromatic nitrogens is 2. The molecule has 7 nitrogen and oxygen atoms in total. The third-order valence-corrected chi connectivity index (χ3v) is 5.67. The molecule has 0 fully saturated rings. The molecule has 0 aliphatic carbocycles. The summed E-state index contributed by atoms with van der Waals surface area (Å²) in [5, 5.41) is 0.481. The van der Waals surface area contributed by atoms with Crippen molar-refractivity contribution in [2.75, 3.05) is 16.4 Å². The van der Waals surface area contributed by atoms with Gasteiger partial charge in [0.2, 0.25) is 11.1 Å². The van der Waals surface area contributed by atoms with Gasteiger partial charge in [0.25, 0.3) is 0 Å². The van der Waals surface area contributed by atoms with Gasteiger partial charge in [0.15, 0.2) is 0 Å². The SMILES string of the molecule is CC[S@@](=N)(=O)c1nc(N)c2c(n1)N(Cc1ccc(Cl)cc1)C(=O)C2. The summed E-state index contributed by atoms with van der Waals surface area (Å²) < 4.78 is 20.1. The Hall–Kier alpha value is -2.19. The van der Waals surface area contributed by atoms with E-state index in [1.165, 1.54) is 4.90 Å². The van der Waals surface area contributed by atoms with Crippen molar-refractivity contribution in [2.45, 2.75) is 25.0 Å². The molecule has 0 radical (unpaired) electrons. The lowest BCUT2D eigenvalue weighted by Crippen LogP contribution is -2.27. The number of anilines is 2. The van der Waals surface area contributed by atoms with Crippen molar-refractivity contribution in [1.82, 2.24) is 9.97 Å². The molecule has 126 valence electrons. The van der Waals surface area contributed by atoms with Crippen molar-refractivity contribution >= 4 is 38.9 Å². The van der Waals surface area contributed by atoms with Crippen molar-refractivity contribution < 1.29 is 9.00 Å². The molecule has 0 saturated heterocycles. The lowest BCUT2D eigenvalue weighted by molar-refractivity contribution is -0.117. The fourth-order valence-electron chi connectivity index (χ4n) is 2.44. The van der Waals surface area contributed by atoms with Crippen molar-refractivity contribution in [3.63, 3.8) is 0 Å². The van der Waals surface area contributed by atoms with Crippen molar-refractivity contribution in [3.05, 3.63) is 40.4 Å². The highest BCUT2D eigenvalue weighted by Crippen LogP contribution is 2.32. The maximum atomic E-state index is 12.3. The van der Waals surface area contributed by atoms with Gasteiger partial charge in [-0.25, -0.2) is 19.0 Å². The molecular formula is C15H16ClN5O2S. The number of benzene rings is 1. The smallest absolute Gasteiger partial charge is 0.233 e.